The number of carbonyl (C=O) groups is 5. The molecular weight excluding hydrogens is 563 g/mol. The molecule has 12 heteroatoms. The number of carbonyl (C=O) groups excluding carboxylic acids is 5. The Kier molecular flexibility index (Phi) is 15.5. The number of unbranched alkanes of at least 4 members (excludes halogenated alkanes) is 4. The summed E-state index contributed by atoms with van der Waals surface area (Å²) >= 11 is 1.25. The maximum atomic E-state index is 14.4. The fourth-order valence-electron chi connectivity index (χ4n) is 4.00. The van der Waals surface area contributed by atoms with Crippen molar-refractivity contribution in [1.82, 2.24) is 20.9 Å². The number of ether oxygens (including phenoxy) is 1. The largest absolute Gasteiger partial charge is 0.456 e. The minimum atomic E-state index is -1.04. The maximum absolute atomic E-state index is 14.4. The molecule has 2 rings (SSSR count). The van der Waals surface area contributed by atoms with Gasteiger partial charge in [-0.25, -0.2) is 14.2 Å². The second-order valence-electron chi connectivity index (χ2n) is 9.77. The number of fused-ring (bicyclic) bond motifs is 2. The summed E-state index contributed by atoms with van der Waals surface area (Å²) in [6, 6.07) is 1.17. The minimum absolute atomic E-state index is 0.122. The second-order valence-corrected chi connectivity index (χ2v) is 10.9. The third-order valence-electron chi connectivity index (χ3n) is 6.42. The van der Waals surface area contributed by atoms with E-state index in [1.54, 1.807) is 19.1 Å². The minimum Gasteiger partial charge on any atom is -0.456 e. The summed E-state index contributed by atoms with van der Waals surface area (Å²) in [7, 11) is 0. The van der Waals surface area contributed by atoms with Gasteiger partial charge in [0, 0.05) is 12.2 Å². The fourth-order valence-corrected chi connectivity index (χ4v) is 4.77. The van der Waals surface area contributed by atoms with E-state index in [1.165, 1.54) is 31.2 Å². The summed E-state index contributed by atoms with van der Waals surface area (Å²) in [5.74, 6) is -2.95. The molecule has 0 fully saturated rings. The number of esters is 1. The maximum Gasteiger partial charge on any atom is 0.329 e. The highest BCUT2D eigenvalue weighted by molar-refractivity contribution is 8.13. The van der Waals surface area contributed by atoms with Crippen molar-refractivity contribution in [2.75, 3.05) is 5.75 Å². The van der Waals surface area contributed by atoms with Crippen LogP contribution in [0.4, 0.5) is 4.39 Å². The monoisotopic (exact) mass is 604 g/mol. The normalized spacial score (nSPS) is 19.8. The topological polar surface area (TPSA) is 144 Å². The average molecular weight is 605 g/mol. The number of thioether (sulfide) groups is 1. The lowest BCUT2D eigenvalue weighted by Crippen LogP contribution is -2.46. The summed E-state index contributed by atoms with van der Waals surface area (Å²) in [6.45, 7) is 5.05. The molecule has 0 unspecified atom stereocenters. The van der Waals surface area contributed by atoms with Gasteiger partial charge in [-0.15, -0.1) is 0 Å². The summed E-state index contributed by atoms with van der Waals surface area (Å²) in [5, 5.41) is 7.64. The van der Waals surface area contributed by atoms with E-state index in [0.29, 0.717) is 18.6 Å². The van der Waals surface area contributed by atoms with Gasteiger partial charge < -0.3 is 20.7 Å². The average Bonchev–Trinajstić information content (AvgIpc) is 2.96. The van der Waals surface area contributed by atoms with Gasteiger partial charge in [-0.2, -0.15) is 0 Å². The highest BCUT2D eigenvalue weighted by Gasteiger charge is 2.26. The SMILES string of the molecule is C/C=C1\NC(=O)c2ccc(F)c(n2)CNC(=O)C[C@@H](/C=C/CCSC(=O)CCCCCCC)OC(=O)[C@H](CC)NC1=O. The Morgan fingerprint density at radius 1 is 1.12 bits per heavy atom. The quantitative estimate of drug-likeness (QED) is 0.147. The first kappa shape index (κ1) is 34.7. The Bertz CT molecular complexity index is 1170. The molecule has 1 aliphatic rings. The van der Waals surface area contributed by atoms with Crippen molar-refractivity contribution in [1.29, 1.82) is 0 Å². The van der Waals surface area contributed by atoms with Crippen LogP contribution in [0.5, 0.6) is 0 Å². The number of nitrogens with one attached hydrogen (secondary N) is 3. The van der Waals surface area contributed by atoms with Crippen molar-refractivity contribution in [3.8, 4) is 0 Å². The van der Waals surface area contributed by atoms with Crippen LogP contribution < -0.4 is 16.0 Å². The third kappa shape index (κ3) is 12.1. The molecule has 42 heavy (non-hydrogen) atoms. The van der Waals surface area contributed by atoms with Crippen LogP contribution in [-0.2, 0) is 30.5 Å². The summed E-state index contributed by atoms with van der Waals surface area (Å²) in [4.78, 5) is 67.3. The van der Waals surface area contributed by atoms with Crippen molar-refractivity contribution >= 4 is 40.6 Å². The van der Waals surface area contributed by atoms with Crippen LogP contribution in [0.25, 0.3) is 0 Å². The van der Waals surface area contributed by atoms with E-state index in [0.717, 1.165) is 37.8 Å². The van der Waals surface area contributed by atoms with Crippen LogP contribution in [-0.4, -0.2) is 51.7 Å². The molecular formula is C30H41FN4O6S. The number of nitrogens with zero attached hydrogens (tertiary/aromatic N) is 1. The van der Waals surface area contributed by atoms with Gasteiger partial charge in [-0.1, -0.05) is 63.4 Å². The van der Waals surface area contributed by atoms with E-state index in [9.17, 15) is 28.4 Å². The molecule has 0 aliphatic carbocycles. The van der Waals surface area contributed by atoms with Crippen LogP contribution in [0.1, 0.15) is 94.7 Å². The number of hydrogen-bond donors (Lipinski definition) is 3. The zero-order valence-electron chi connectivity index (χ0n) is 24.5. The first-order valence-electron chi connectivity index (χ1n) is 14.4. The van der Waals surface area contributed by atoms with Crippen molar-refractivity contribution in [2.24, 2.45) is 0 Å². The Balaban J connectivity index is 2.13. The van der Waals surface area contributed by atoms with Crippen LogP contribution in [0.3, 0.4) is 0 Å². The summed E-state index contributed by atoms with van der Waals surface area (Å²) < 4.78 is 19.9. The molecule has 230 valence electrons. The Hall–Kier alpha value is -3.54. The second kappa shape index (κ2) is 18.8. The van der Waals surface area contributed by atoms with Crippen LogP contribution in [0, 0.1) is 5.82 Å². The van der Waals surface area contributed by atoms with Crippen molar-refractivity contribution < 1.29 is 33.1 Å². The molecule has 0 radical (unpaired) electrons. The predicted octanol–water partition coefficient (Wildman–Crippen LogP) is 4.25. The van der Waals surface area contributed by atoms with Crippen LogP contribution >= 0.6 is 11.8 Å². The zero-order valence-corrected chi connectivity index (χ0v) is 25.3. The Morgan fingerprint density at radius 2 is 1.88 bits per heavy atom. The Morgan fingerprint density at radius 3 is 2.60 bits per heavy atom. The van der Waals surface area contributed by atoms with E-state index in [4.69, 9.17) is 4.74 Å². The first-order chi connectivity index (χ1) is 20.2. The van der Waals surface area contributed by atoms with E-state index in [-0.39, 0.29) is 41.6 Å². The van der Waals surface area contributed by atoms with Crippen LogP contribution in [0.15, 0.2) is 36.1 Å². The molecule has 0 saturated heterocycles. The highest BCUT2D eigenvalue weighted by Crippen LogP contribution is 2.14. The van der Waals surface area contributed by atoms with Crippen molar-refractivity contribution in [3.63, 3.8) is 0 Å². The number of amides is 3. The molecule has 0 aromatic carbocycles. The van der Waals surface area contributed by atoms with E-state index in [1.807, 2.05) is 0 Å². The molecule has 2 heterocycles. The molecule has 0 saturated carbocycles. The highest BCUT2D eigenvalue weighted by atomic mass is 32.2. The van der Waals surface area contributed by atoms with Gasteiger partial charge in [-0.3, -0.25) is 19.2 Å². The standard InChI is InChI=1S/C30H41FN4O6S/c1-4-7-8-9-10-14-27(37)42-17-12-11-13-20-18-26(36)32-19-25-21(31)15-16-24(33-25)29(39)34-22(5-2)28(38)35-23(6-3)30(40)41-20/h5,11,13,15-16,20,23H,4,6-10,12,14,17-19H2,1-3H3,(H,32,36)(H,34,39)(H,35,38)/b13-11+,22-5-/t20-,23+/m1/s1. The molecule has 1 aliphatic heterocycles. The predicted molar refractivity (Wildman–Crippen MR) is 159 cm³/mol. The summed E-state index contributed by atoms with van der Waals surface area (Å²) in [5.41, 5.74) is -0.444. The number of rotatable bonds is 11. The molecule has 2 bridgehead atoms. The third-order valence-corrected chi connectivity index (χ3v) is 7.39. The van der Waals surface area contributed by atoms with Gasteiger partial charge in [-0.05, 0) is 44.4 Å². The fraction of sp³-hybridized carbons (Fsp3) is 0.533. The molecule has 3 N–H and O–H groups in total. The van der Waals surface area contributed by atoms with E-state index >= 15 is 0 Å². The molecule has 0 spiro atoms. The van der Waals surface area contributed by atoms with Crippen LogP contribution in [0.2, 0.25) is 0 Å². The lowest BCUT2D eigenvalue weighted by molar-refractivity contribution is -0.151. The number of pyridine rings is 1. The molecule has 3 amide bonds. The Labute approximate surface area is 250 Å². The molecule has 10 nitrogen and oxygen atoms in total. The summed E-state index contributed by atoms with van der Waals surface area (Å²) in [6.07, 6.45) is 10.1. The molecule has 2 atom stereocenters. The first-order valence-corrected chi connectivity index (χ1v) is 15.4. The van der Waals surface area contributed by atoms with Gasteiger partial charge in [0.25, 0.3) is 11.8 Å². The number of halogens is 1. The van der Waals surface area contributed by atoms with Gasteiger partial charge in [0.2, 0.25) is 5.91 Å². The van der Waals surface area contributed by atoms with E-state index in [2.05, 4.69) is 27.9 Å². The number of allylic oxidation sites excluding steroid dienone is 2. The smallest absolute Gasteiger partial charge is 0.329 e. The van der Waals surface area contributed by atoms with Crippen molar-refractivity contribution in [2.45, 2.75) is 97.2 Å². The molecule has 1 aromatic heterocycles. The number of hydrogen-bond acceptors (Lipinski definition) is 8. The van der Waals surface area contributed by atoms with Gasteiger partial charge in [0.05, 0.1) is 18.7 Å². The lowest BCUT2D eigenvalue weighted by atomic mass is 10.1. The number of cyclic esters (lactones) is 1. The van der Waals surface area contributed by atoms with Gasteiger partial charge in [0.15, 0.2) is 5.12 Å². The van der Waals surface area contributed by atoms with Crippen molar-refractivity contribution in [3.05, 3.63) is 53.3 Å². The van der Waals surface area contributed by atoms with E-state index < -0.39 is 41.7 Å². The van der Waals surface area contributed by atoms with Gasteiger partial charge >= 0.3 is 5.97 Å². The molecule has 1 aromatic rings. The zero-order chi connectivity index (χ0) is 30.9. The number of aromatic nitrogens is 1. The van der Waals surface area contributed by atoms with Gasteiger partial charge in [0.1, 0.15) is 29.4 Å². The lowest BCUT2D eigenvalue weighted by Gasteiger charge is -2.21.